The first-order chi connectivity index (χ1) is 10.2. The summed E-state index contributed by atoms with van der Waals surface area (Å²) in [6, 6.07) is 6.75. The van der Waals surface area contributed by atoms with E-state index in [0.29, 0.717) is 6.54 Å². The molecule has 2 aliphatic heterocycles. The lowest BCUT2D eigenvalue weighted by atomic mass is 10.0. The molecule has 2 heterocycles. The van der Waals surface area contributed by atoms with Gasteiger partial charge in [-0.1, -0.05) is 19.1 Å². The van der Waals surface area contributed by atoms with Crippen LogP contribution in [0.5, 0.6) is 0 Å². The van der Waals surface area contributed by atoms with Gasteiger partial charge in [0.15, 0.2) is 0 Å². The number of likely N-dealkylation sites (tertiary alicyclic amines) is 1. The topological polar surface area (TPSA) is 35.6 Å². The third-order valence-electron chi connectivity index (χ3n) is 4.50. The first-order valence-electron chi connectivity index (χ1n) is 7.71. The van der Waals surface area contributed by atoms with E-state index in [1.54, 1.807) is 6.07 Å². The fourth-order valence-corrected chi connectivity index (χ4v) is 3.43. The summed E-state index contributed by atoms with van der Waals surface area (Å²) >= 11 is 0. The van der Waals surface area contributed by atoms with Crippen LogP contribution in [0.2, 0.25) is 0 Å². The van der Waals surface area contributed by atoms with E-state index in [-0.39, 0.29) is 23.9 Å². The van der Waals surface area contributed by atoms with Crippen molar-refractivity contribution in [1.82, 2.24) is 15.1 Å². The van der Waals surface area contributed by atoms with E-state index in [0.717, 1.165) is 38.0 Å². The average molecular weight is 291 g/mol. The normalized spacial score (nSPS) is 27.3. The molecular formula is C16H22FN3O. The van der Waals surface area contributed by atoms with Crippen molar-refractivity contribution in [3.8, 4) is 0 Å². The van der Waals surface area contributed by atoms with Crippen LogP contribution in [0.15, 0.2) is 24.3 Å². The minimum atomic E-state index is -0.257. The Morgan fingerprint density at radius 3 is 3.05 bits per heavy atom. The summed E-state index contributed by atoms with van der Waals surface area (Å²) < 4.78 is 13.5. The highest BCUT2D eigenvalue weighted by molar-refractivity contribution is 5.81. The fourth-order valence-electron chi connectivity index (χ4n) is 3.43. The van der Waals surface area contributed by atoms with Crippen LogP contribution in [0.1, 0.15) is 31.5 Å². The number of hydrogen-bond acceptors (Lipinski definition) is 3. The van der Waals surface area contributed by atoms with Crippen molar-refractivity contribution in [2.75, 3.05) is 26.2 Å². The molecule has 21 heavy (non-hydrogen) atoms. The maximum absolute atomic E-state index is 13.5. The van der Waals surface area contributed by atoms with E-state index in [4.69, 9.17) is 0 Å². The number of carbonyl (C=O) groups excluding carboxylic acids is 1. The van der Waals surface area contributed by atoms with Crippen LogP contribution < -0.4 is 5.32 Å². The van der Waals surface area contributed by atoms with Crippen molar-refractivity contribution in [2.24, 2.45) is 0 Å². The third kappa shape index (κ3) is 2.94. The van der Waals surface area contributed by atoms with E-state index in [2.05, 4.69) is 17.1 Å². The second kappa shape index (κ2) is 6.12. The van der Waals surface area contributed by atoms with Crippen molar-refractivity contribution in [3.63, 3.8) is 0 Å². The number of piperidine rings is 1. The molecule has 4 nitrogen and oxygen atoms in total. The molecule has 0 radical (unpaired) electrons. The number of amides is 1. The van der Waals surface area contributed by atoms with Gasteiger partial charge in [-0.05, 0) is 43.6 Å². The predicted molar refractivity (Wildman–Crippen MR) is 79.1 cm³/mol. The summed E-state index contributed by atoms with van der Waals surface area (Å²) in [4.78, 5) is 16.6. The maximum atomic E-state index is 13.5. The number of carbonyl (C=O) groups is 1. The van der Waals surface area contributed by atoms with Crippen LogP contribution in [0.4, 0.5) is 4.39 Å². The van der Waals surface area contributed by atoms with E-state index in [1.807, 2.05) is 11.0 Å². The Balaban J connectivity index is 1.82. The number of nitrogens with one attached hydrogen (secondary N) is 1. The monoisotopic (exact) mass is 291 g/mol. The first kappa shape index (κ1) is 14.5. The van der Waals surface area contributed by atoms with Gasteiger partial charge in [-0.15, -0.1) is 0 Å². The Labute approximate surface area is 124 Å². The Hall–Kier alpha value is -1.46. The van der Waals surface area contributed by atoms with Crippen LogP contribution in [0.25, 0.3) is 0 Å². The third-order valence-corrected chi connectivity index (χ3v) is 4.50. The van der Waals surface area contributed by atoms with Crippen molar-refractivity contribution in [1.29, 1.82) is 0 Å². The van der Waals surface area contributed by atoms with Crippen molar-refractivity contribution >= 4 is 5.91 Å². The second-order valence-corrected chi connectivity index (χ2v) is 5.83. The summed E-state index contributed by atoms with van der Waals surface area (Å²) in [5, 5.41) is 3.22. The molecule has 1 N–H and O–H groups in total. The summed E-state index contributed by atoms with van der Waals surface area (Å²) in [6.07, 6.45) is 1.93. The molecule has 0 aromatic heterocycles. The Kier molecular flexibility index (Phi) is 4.22. The molecule has 2 atom stereocenters. The molecule has 1 aromatic carbocycles. The van der Waals surface area contributed by atoms with Gasteiger partial charge in [0.2, 0.25) is 5.91 Å². The molecule has 5 heteroatoms. The molecule has 1 amide bonds. The molecule has 0 bridgehead atoms. The number of nitrogens with zero attached hydrogens (tertiary/aromatic N) is 2. The van der Waals surface area contributed by atoms with Gasteiger partial charge in [0, 0.05) is 12.6 Å². The van der Waals surface area contributed by atoms with Crippen molar-refractivity contribution < 1.29 is 9.18 Å². The van der Waals surface area contributed by atoms with Crippen molar-refractivity contribution in [2.45, 2.75) is 32.0 Å². The lowest BCUT2D eigenvalue weighted by molar-refractivity contribution is -0.131. The lowest BCUT2D eigenvalue weighted by Gasteiger charge is -2.39. The van der Waals surface area contributed by atoms with Crippen molar-refractivity contribution in [3.05, 3.63) is 35.6 Å². The fraction of sp³-hybridized carbons (Fsp3) is 0.562. The smallest absolute Gasteiger partial charge is 0.238 e. The Morgan fingerprint density at radius 1 is 1.43 bits per heavy atom. The number of benzene rings is 1. The van der Waals surface area contributed by atoms with Crippen LogP contribution in [-0.4, -0.2) is 47.9 Å². The van der Waals surface area contributed by atoms with Crippen LogP contribution in [-0.2, 0) is 4.79 Å². The summed E-state index contributed by atoms with van der Waals surface area (Å²) in [5.74, 6) is -0.139. The van der Waals surface area contributed by atoms with Gasteiger partial charge in [-0.25, -0.2) is 4.39 Å². The zero-order valence-electron chi connectivity index (χ0n) is 12.4. The average Bonchev–Trinajstić information content (AvgIpc) is 2.89. The molecule has 2 saturated heterocycles. The van der Waals surface area contributed by atoms with Gasteiger partial charge in [-0.3, -0.25) is 10.1 Å². The molecule has 0 aliphatic carbocycles. The summed E-state index contributed by atoms with van der Waals surface area (Å²) in [5.41, 5.74) is 0.828. The van der Waals surface area contributed by atoms with Crippen LogP contribution >= 0.6 is 0 Å². The summed E-state index contributed by atoms with van der Waals surface area (Å²) in [6.45, 7) is 5.51. The van der Waals surface area contributed by atoms with Gasteiger partial charge >= 0.3 is 0 Å². The van der Waals surface area contributed by atoms with E-state index >= 15 is 0 Å². The zero-order chi connectivity index (χ0) is 14.8. The number of likely N-dealkylation sites (N-methyl/N-ethyl adjacent to an activating group) is 1. The number of halogens is 1. The SMILES string of the molecule is CCN1CCCC(N2C(=O)CNC2c2cccc(F)c2)C1. The molecular weight excluding hydrogens is 269 g/mol. The largest absolute Gasteiger partial charge is 0.318 e. The molecule has 3 rings (SSSR count). The van der Waals surface area contributed by atoms with E-state index in [1.165, 1.54) is 12.1 Å². The predicted octanol–water partition coefficient (Wildman–Crippen LogP) is 1.74. The van der Waals surface area contributed by atoms with Crippen LogP contribution in [0.3, 0.4) is 0 Å². The van der Waals surface area contributed by atoms with Crippen LogP contribution in [0, 0.1) is 5.82 Å². The number of rotatable bonds is 3. The molecule has 2 aliphatic rings. The number of hydrogen-bond donors (Lipinski definition) is 1. The molecule has 1 aromatic rings. The molecule has 114 valence electrons. The first-order valence-corrected chi connectivity index (χ1v) is 7.71. The Morgan fingerprint density at radius 2 is 2.29 bits per heavy atom. The highest BCUT2D eigenvalue weighted by Crippen LogP contribution is 2.28. The maximum Gasteiger partial charge on any atom is 0.238 e. The van der Waals surface area contributed by atoms with Gasteiger partial charge in [0.05, 0.1) is 6.54 Å². The van der Waals surface area contributed by atoms with E-state index < -0.39 is 0 Å². The highest BCUT2D eigenvalue weighted by Gasteiger charge is 2.38. The standard InChI is InChI=1S/C16H22FN3O/c1-2-19-8-4-7-14(11-19)20-15(21)10-18-16(20)12-5-3-6-13(17)9-12/h3,5-6,9,14,16,18H,2,4,7-8,10-11H2,1H3. The quantitative estimate of drug-likeness (QED) is 0.921. The minimum absolute atomic E-state index is 0.118. The zero-order valence-corrected chi connectivity index (χ0v) is 12.4. The minimum Gasteiger partial charge on any atom is -0.318 e. The second-order valence-electron chi connectivity index (χ2n) is 5.83. The molecule has 0 spiro atoms. The highest BCUT2D eigenvalue weighted by atomic mass is 19.1. The summed E-state index contributed by atoms with van der Waals surface area (Å²) in [7, 11) is 0. The molecule has 2 fully saturated rings. The van der Waals surface area contributed by atoms with Gasteiger partial charge < -0.3 is 9.80 Å². The van der Waals surface area contributed by atoms with Gasteiger partial charge in [0.1, 0.15) is 12.0 Å². The van der Waals surface area contributed by atoms with E-state index in [9.17, 15) is 9.18 Å². The van der Waals surface area contributed by atoms with Gasteiger partial charge in [-0.2, -0.15) is 0 Å². The molecule has 2 unspecified atom stereocenters. The lowest BCUT2D eigenvalue weighted by Crippen LogP contribution is -2.49. The molecule has 0 saturated carbocycles. The van der Waals surface area contributed by atoms with Gasteiger partial charge in [0.25, 0.3) is 0 Å². The Bertz CT molecular complexity index is 522.